The number of hydrogen-bond acceptors (Lipinski definition) is 12. The zero-order chi connectivity index (χ0) is 52.5. The minimum Gasteiger partial charge on any atom is -0.462 e. The lowest BCUT2D eigenvalue weighted by molar-refractivity contribution is -0.249. The van der Waals surface area contributed by atoms with Crippen molar-refractivity contribution in [2.75, 3.05) is 77.9 Å². The number of benzene rings is 1. The maximum Gasteiger partial charge on any atom is 0.309 e. The molecule has 13 heteroatoms. The van der Waals surface area contributed by atoms with E-state index in [0.29, 0.717) is 88.7 Å². The molecule has 1 aliphatic heterocycles. The van der Waals surface area contributed by atoms with Crippen LogP contribution in [-0.4, -0.2) is 127 Å². The molecule has 8 rings (SSSR count). The van der Waals surface area contributed by atoms with Crippen LogP contribution in [0, 0.1) is 68.5 Å². The summed E-state index contributed by atoms with van der Waals surface area (Å²) in [6, 6.07) is 9.83. The Morgan fingerprint density at radius 1 is 0.753 bits per heavy atom. The molecule has 7 fully saturated rings. The Balaban J connectivity index is 0.935. The fourth-order valence-electron chi connectivity index (χ4n) is 17.6. The van der Waals surface area contributed by atoms with Crippen molar-refractivity contribution in [3.8, 4) is 0 Å². The van der Waals surface area contributed by atoms with Crippen LogP contribution in [0.5, 0.6) is 0 Å². The second kappa shape index (κ2) is 23.1. The van der Waals surface area contributed by atoms with Gasteiger partial charge in [0.25, 0.3) is 0 Å². The Kier molecular flexibility index (Phi) is 18.0. The largest absolute Gasteiger partial charge is 0.462 e. The summed E-state index contributed by atoms with van der Waals surface area (Å²) in [5.41, 5.74) is 0.882. The summed E-state index contributed by atoms with van der Waals surface area (Å²) in [7, 11) is -1.37. The standard InChI is InChI=1S/C60H98N2O10S/c1-11-12-18-44-21-26-60(61-40-48(62-29-37-73(65,66)38-30-62)42(2)70-36-35-69-34-33-68-32-31-67-10)28-27-58(8)45(52(44)60)19-20-50-57(7)24-23-51(56(5,6)49(57)22-25-59(50,58)9)72-54(64)47-39-46(55(47,3)4)53(63)71-41-43-16-14-13-15-17-43/h13-17,42,44-52,61H,11-12,18-41H2,1-10H3/t42-,44-,45-,46+,47-,48?,49+,50-,51+,52-,57+,58-,59-,60+/m1/s1. The van der Waals surface area contributed by atoms with E-state index in [0.717, 1.165) is 31.4 Å². The average molecular weight is 1040 g/mol. The van der Waals surface area contributed by atoms with Crippen LogP contribution in [0.4, 0.5) is 0 Å². The predicted molar refractivity (Wildman–Crippen MR) is 286 cm³/mol. The quantitative estimate of drug-likeness (QED) is 0.0825. The number of rotatable bonds is 23. The van der Waals surface area contributed by atoms with Gasteiger partial charge in [-0.25, -0.2) is 8.42 Å². The van der Waals surface area contributed by atoms with Crippen LogP contribution >= 0.6 is 0 Å². The topological polar surface area (TPSA) is 139 Å². The van der Waals surface area contributed by atoms with Crippen LogP contribution in [0.1, 0.15) is 158 Å². The Hall–Kier alpha value is -2.13. The van der Waals surface area contributed by atoms with E-state index in [2.05, 4.69) is 58.7 Å². The van der Waals surface area contributed by atoms with Gasteiger partial charge in [-0.05, 0) is 134 Å². The van der Waals surface area contributed by atoms with Crippen LogP contribution in [0.2, 0.25) is 0 Å². The highest BCUT2D eigenvalue weighted by Crippen LogP contribution is 2.76. The molecule has 1 saturated heterocycles. The predicted octanol–water partition coefficient (Wildman–Crippen LogP) is 10.1. The molecule has 73 heavy (non-hydrogen) atoms. The normalized spacial score (nSPS) is 38.1. The van der Waals surface area contributed by atoms with Crippen LogP contribution in [0.15, 0.2) is 30.3 Å². The monoisotopic (exact) mass is 1040 g/mol. The summed E-state index contributed by atoms with van der Waals surface area (Å²) < 4.78 is 60.8. The molecule has 0 radical (unpaired) electrons. The molecule has 414 valence electrons. The first-order valence-electron chi connectivity index (χ1n) is 29.0. The maximum atomic E-state index is 14.2. The van der Waals surface area contributed by atoms with E-state index >= 15 is 0 Å². The first kappa shape index (κ1) is 57.1. The highest BCUT2D eigenvalue weighted by Gasteiger charge is 2.71. The zero-order valence-corrected chi connectivity index (χ0v) is 47.8. The summed E-state index contributed by atoms with van der Waals surface area (Å²) >= 11 is 0. The smallest absolute Gasteiger partial charge is 0.309 e. The number of carbonyl (C=O) groups is 2. The lowest BCUT2D eigenvalue weighted by atomic mass is 9.32. The van der Waals surface area contributed by atoms with E-state index < -0.39 is 15.3 Å². The minimum absolute atomic E-state index is 0.0539. The van der Waals surface area contributed by atoms with Crippen LogP contribution < -0.4 is 5.32 Å². The van der Waals surface area contributed by atoms with Crippen LogP contribution in [0.3, 0.4) is 0 Å². The Morgan fingerprint density at radius 3 is 2.12 bits per heavy atom. The molecule has 14 atom stereocenters. The van der Waals surface area contributed by atoms with Gasteiger partial charge in [0, 0.05) is 43.7 Å². The van der Waals surface area contributed by atoms with E-state index in [1.54, 1.807) is 7.11 Å². The van der Waals surface area contributed by atoms with E-state index in [4.69, 9.17) is 28.4 Å². The minimum atomic E-state index is -3.03. The second-order valence-electron chi connectivity index (χ2n) is 26.3. The number of unbranched alkanes of at least 4 members (excludes halogenated alkanes) is 1. The summed E-state index contributed by atoms with van der Waals surface area (Å²) in [5, 5.41) is 4.40. The number of nitrogens with zero attached hydrogens (tertiary/aromatic N) is 1. The Bertz CT molecular complexity index is 2110. The van der Waals surface area contributed by atoms with Crippen molar-refractivity contribution >= 4 is 21.8 Å². The SMILES string of the molecule is CCCC[C@@H]1CC[C@]2(NCC([C@@H](C)OCCOCCOCCOC)N3CCS(=O)(=O)CC3)CC[C@]3(C)[C@H](CC[C@@H]4[C@@]5(C)CC[C@H](OC(=O)[C@H]6C[C@@H](C(=O)OCc7ccccc7)C6(C)C)C(C)(C)[C@@H]5CC[C@]43C)[C@@H]12. The summed E-state index contributed by atoms with van der Waals surface area (Å²) in [4.78, 5) is 29.8. The Morgan fingerprint density at radius 2 is 1.44 bits per heavy atom. The molecular formula is C60H98N2O10S. The highest BCUT2D eigenvalue weighted by molar-refractivity contribution is 7.91. The molecule has 1 aromatic carbocycles. The van der Waals surface area contributed by atoms with Crippen LogP contribution in [-0.2, 0) is 54.5 Å². The van der Waals surface area contributed by atoms with Gasteiger partial charge in [-0.3, -0.25) is 14.5 Å². The third kappa shape index (κ3) is 11.3. The zero-order valence-electron chi connectivity index (χ0n) is 47.0. The third-order valence-corrected chi connectivity index (χ3v) is 23.8. The molecule has 12 nitrogen and oxygen atoms in total. The first-order chi connectivity index (χ1) is 34.7. The van der Waals surface area contributed by atoms with Crippen molar-refractivity contribution in [2.24, 2.45) is 68.5 Å². The third-order valence-electron chi connectivity index (χ3n) is 22.2. The number of nitrogens with one attached hydrogen (secondary N) is 1. The van der Waals surface area contributed by atoms with Gasteiger partial charge in [0.1, 0.15) is 12.7 Å². The number of esters is 2. The fourth-order valence-corrected chi connectivity index (χ4v) is 18.9. The lowest BCUT2D eigenvalue weighted by Gasteiger charge is -2.73. The average Bonchev–Trinajstić information content (AvgIpc) is 3.72. The second-order valence-corrected chi connectivity index (χ2v) is 28.6. The molecule has 0 aromatic heterocycles. The van der Waals surface area contributed by atoms with Gasteiger partial charge in [-0.2, -0.15) is 0 Å². The molecule has 1 unspecified atom stereocenters. The van der Waals surface area contributed by atoms with Crippen molar-refractivity contribution < 1.29 is 46.4 Å². The first-order valence-corrected chi connectivity index (χ1v) is 30.9. The van der Waals surface area contributed by atoms with Gasteiger partial charge in [0.2, 0.25) is 0 Å². The van der Waals surface area contributed by atoms with Crippen molar-refractivity contribution in [1.29, 1.82) is 0 Å². The molecule has 0 spiro atoms. The van der Waals surface area contributed by atoms with E-state index in [1.807, 2.05) is 44.2 Å². The van der Waals surface area contributed by atoms with E-state index in [1.165, 1.54) is 64.2 Å². The lowest BCUT2D eigenvalue weighted by Crippen LogP contribution is -2.69. The summed E-state index contributed by atoms with van der Waals surface area (Å²) in [6.07, 6.45) is 15.8. The van der Waals surface area contributed by atoms with Crippen LogP contribution in [0.25, 0.3) is 0 Å². The number of ether oxygens (including phenoxy) is 6. The molecule has 1 heterocycles. The van der Waals surface area contributed by atoms with Gasteiger partial charge in [-0.15, -0.1) is 0 Å². The highest BCUT2D eigenvalue weighted by atomic mass is 32.2. The summed E-state index contributed by atoms with van der Waals surface area (Å²) in [5.74, 6) is 2.39. The van der Waals surface area contributed by atoms with Gasteiger partial charge < -0.3 is 33.7 Å². The van der Waals surface area contributed by atoms with E-state index in [-0.39, 0.29) is 87.3 Å². The van der Waals surface area contributed by atoms with Gasteiger partial charge in [0.15, 0.2) is 9.84 Å². The van der Waals surface area contributed by atoms with Crippen molar-refractivity contribution in [3.05, 3.63) is 35.9 Å². The maximum absolute atomic E-state index is 14.2. The molecule has 0 bridgehead atoms. The van der Waals surface area contributed by atoms with Crippen molar-refractivity contribution in [2.45, 2.75) is 183 Å². The summed E-state index contributed by atoms with van der Waals surface area (Å²) in [6.45, 7) is 26.7. The van der Waals surface area contributed by atoms with Crippen molar-refractivity contribution in [3.63, 3.8) is 0 Å². The molecule has 0 amide bonds. The fraction of sp³-hybridized carbons (Fsp3) is 0.867. The molecule has 6 aliphatic carbocycles. The van der Waals surface area contributed by atoms with E-state index in [9.17, 15) is 18.0 Å². The van der Waals surface area contributed by atoms with Gasteiger partial charge in [0.05, 0.1) is 69.1 Å². The molecule has 1 aromatic rings. The Labute approximate surface area is 441 Å². The molecule has 6 saturated carbocycles. The molecule has 7 aliphatic rings. The molecular weight excluding hydrogens is 941 g/mol. The molecule has 1 N–H and O–H groups in total. The number of fused-ring (bicyclic) bond motifs is 7. The number of hydrogen-bond donors (Lipinski definition) is 1. The van der Waals surface area contributed by atoms with Gasteiger partial charge in [-0.1, -0.05) is 105 Å². The number of methoxy groups -OCH3 is 1. The number of carbonyl (C=O) groups excluding carboxylic acids is 2. The van der Waals surface area contributed by atoms with Gasteiger partial charge >= 0.3 is 11.9 Å². The number of sulfone groups is 1. The van der Waals surface area contributed by atoms with Crippen molar-refractivity contribution in [1.82, 2.24) is 10.2 Å².